The minimum absolute atomic E-state index is 0.715. The molecular formula is C14H24N2S. The van der Waals surface area contributed by atoms with Crippen LogP contribution in [0.2, 0.25) is 0 Å². The number of rotatable bonds is 4. The molecule has 0 radical (unpaired) electrons. The van der Waals surface area contributed by atoms with Crippen molar-refractivity contribution in [2.45, 2.75) is 45.2 Å². The van der Waals surface area contributed by atoms with Gasteiger partial charge in [0.2, 0.25) is 0 Å². The highest BCUT2D eigenvalue weighted by Gasteiger charge is 2.14. The summed E-state index contributed by atoms with van der Waals surface area (Å²) in [6, 6.07) is 2.98. The van der Waals surface area contributed by atoms with Crippen LogP contribution >= 0.6 is 11.3 Å². The molecule has 1 aromatic heterocycles. The first kappa shape index (κ1) is 13.1. The maximum Gasteiger partial charge on any atom is 0.0305 e. The van der Waals surface area contributed by atoms with Crippen molar-refractivity contribution in [1.29, 1.82) is 0 Å². The maximum atomic E-state index is 3.74. The Labute approximate surface area is 109 Å². The molecule has 1 saturated heterocycles. The second-order valence-corrected chi connectivity index (χ2v) is 6.04. The Bertz CT molecular complexity index is 335. The van der Waals surface area contributed by atoms with E-state index < -0.39 is 0 Å². The summed E-state index contributed by atoms with van der Waals surface area (Å²) in [5.74, 6) is 0. The zero-order valence-corrected chi connectivity index (χ0v) is 11.9. The monoisotopic (exact) mass is 252 g/mol. The van der Waals surface area contributed by atoms with Gasteiger partial charge in [-0.3, -0.25) is 0 Å². The van der Waals surface area contributed by atoms with Gasteiger partial charge in [-0.1, -0.05) is 6.92 Å². The molecule has 2 heterocycles. The van der Waals surface area contributed by atoms with Crippen LogP contribution in [0, 0.1) is 0 Å². The van der Waals surface area contributed by atoms with Crippen molar-refractivity contribution in [3.05, 3.63) is 21.9 Å². The summed E-state index contributed by atoms with van der Waals surface area (Å²) in [6.45, 7) is 5.81. The Morgan fingerprint density at radius 2 is 2.29 bits per heavy atom. The maximum absolute atomic E-state index is 3.74. The molecule has 17 heavy (non-hydrogen) atoms. The highest BCUT2D eigenvalue weighted by atomic mass is 32.1. The molecule has 1 aromatic rings. The number of hydrogen-bond acceptors (Lipinski definition) is 3. The second-order valence-electron chi connectivity index (χ2n) is 5.03. The van der Waals surface area contributed by atoms with E-state index in [-0.39, 0.29) is 0 Å². The van der Waals surface area contributed by atoms with Crippen LogP contribution in [0.15, 0.2) is 11.4 Å². The normalized spacial score (nSPS) is 22.6. The van der Waals surface area contributed by atoms with Crippen LogP contribution < -0.4 is 5.32 Å². The van der Waals surface area contributed by atoms with Gasteiger partial charge in [-0.25, -0.2) is 0 Å². The van der Waals surface area contributed by atoms with E-state index >= 15 is 0 Å². The third-order valence-electron chi connectivity index (χ3n) is 3.72. The first-order chi connectivity index (χ1) is 8.29. The lowest BCUT2D eigenvalue weighted by molar-refractivity contribution is 0.343. The molecular weight excluding hydrogens is 228 g/mol. The van der Waals surface area contributed by atoms with Gasteiger partial charge in [0.25, 0.3) is 0 Å². The van der Waals surface area contributed by atoms with E-state index in [0.717, 1.165) is 13.0 Å². The zero-order chi connectivity index (χ0) is 12.1. The van der Waals surface area contributed by atoms with Crippen molar-refractivity contribution < 1.29 is 0 Å². The molecule has 1 atom stereocenters. The summed E-state index contributed by atoms with van der Waals surface area (Å²) < 4.78 is 0. The fourth-order valence-electron chi connectivity index (χ4n) is 2.52. The van der Waals surface area contributed by atoms with Gasteiger partial charge in [0.15, 0.2) is 0 Å². The summed E-state index contributed by atoms with van der Waals surface area (Å²) in [7, 11) is 2.23. The third-order valence-corrected chi connectivity index (χ3v) is 4.68. The van der Waals surface area contributed by atoms with Gasteiger partial charge in [-0.15, -0.1) is 11.3 Å². The lowest BCUT2D eigenvalue weighted by Gasteiger charge is -2.16. The summed E-state index contributed by atoms with van der Waals surface area (Å²) >= 11 is 1.90. The minimum atomic E-state index is 0.715. The number of aryl methyl sites for hydroxylation is 1. The van der Waals surface area contributed by atoms with Crippen LogP contribution in [0.1, 0.15) is 36.6 Å². The van der Waals surface area contributed by atoms with Gasteiger partial charge < -0.3 is 10.2 Å². The van der Waals surface area contributed by atoms with E-state index in [0.29, 0.717) is 6.04 Å². The Hall–Kier alpha value is -0.380. The molecule has 0 saturated carbocycles. The van der Waals surface area contributed by atoms with E-state index in [1.807, 2.05) is 11.3 Å². The number of nitrogens with one attached hydrogen (secondary N) is 1. The number of hydrogen-bond donors (Lipinski definition) is 1. The molecule has 0 bridgehead atoms. The van der Waals surface area contributed by atoms with Crippen LogP contribution in [-0.2, 0) is 13.0 Å². The zero-order valence-electron chi connectivity index (χ0n) is 11.0. The summed E-state index contributed by atoms with van der Waals surface area (Å²) in [4.78, 5) is 3.98. The standard InChI is InChI=1S/C14H24N2S/c1-3-12-7-10-17-14(12)11-15-13-5-4-8-16(2)9-6-13/h7,10,13,15H,3-6,8-9,11H2,1-2H3. The van der Waals surface area contributed by atoms with E-state index in [2.05, 4.69) is 35.6 Å². The lowest BCUT2D eigenvalue weighted by Crippen LogP contribution is -2.29. The molecule has 1 fully saturated rings. The van der Waals surface area contributed by atoms with Crippen molar-refractivity contribution in [2.75, 3.05) is 20.1 Å². The van der Waals surface area contributed by atoms with Gasteiger partial charge >= 0.3 is 0 Å². The van der Waals surface area contributed by atoms with Crippen molar-refractivity contribution >= 4 is 11.3 Å². The van der Waals surface area contributed by atoms with Gasteiger partial charge in [-0.05, 0) is 62.8 Å². The quantitative estimate of drug-likeness (QED) is 0.886. The lowest BCUT2D eigenvalue weighted by atomic mass is 10.1. The second kappa shape index (κ2) is 6.53. The topological polar surface area (TPSA) is 15.3 Å². The summed E-state index contributed by atoms with van der Waals surface area (Å²) in [5.41, 5.74) is 1.52. The molecule has 96 valence electrons. The van der Waals surface area contributed by atoms with E-state index in [4.69, 9.17) is 0 Å². The smallest absolute Gasteiger partial charge is 0.0305 e. The van der Waals surface area contributed by atoms with Crippen molar-refractivity contribution in [3.63, 3.8) is 0 Å². The van der Waals surface area contributed by atoms with E-state index in [1.165, 1.54) is 42.8 Å². The summed E-state index contributed by atoms with van der Waals surface area (Å²) in [6.07, 6.45) is 5.12. The highest BCUT2D eigenvalue weighted by molar-refractivity contribution is 7.10. The predicted molar refractivity (Wildman–Crippen MR) is 75.7 cm³/mol. The van der Waals surface area contributed by atoms with Gasteiger partial charge in [0.05, 0.1) is 0 Å². The Balaban J connectivity index is 1.81. The molecule has 1 unspecified atom stereocenters. The first-order valence-corrected chi connectivity index (χ1v) is 7.64. The van der Waals surface area contributed by atoms with E-state index in [9.17, 15) is 0 Å². The highest BCUT2D eigenvalue weighted by Crippen LogP contribution is 2.18. The molecule has 2 nitrogen and oxygen atoms in total. The SMILES string of the molecule is CCc1ccsc1CNC1CCCN(C)CC1. The molecule has 0 amide bonds. The van der Waals surface area contributed by atoms with Crippen LogP contribution in [0.5, 0.6) is 0 Å². The predicted octanol–water partition coefficient (Wildman–Crippen LogP) is 2.88. The first-order valence-electron chi connectivity index (χ1n) is 6.76. The Morgan fingerprint density at radius 1 is 1.41 bits per heavy atom. The fraction of sp³-hybridized carbons (Fsp3) is 0.714. The Kier molecular flexibility index (Phi) is 5.01. The van der Waals surface area contributed by atoms with Crippen LogP contribution in [0.25, 0.3) is 0 Å². The number of nitrogens with zero attached hydrogens (tertiary/aromatic N) is 1. The average Bonchev–Trinajstić information content (AvgIpc) is 2.69. The molecule has 2 rings (SSSR count). The average molecular weight is 252 g/mol. The molecule has 0 spiro atoms. The van der Waals surface area contributed by atoms with Crippen LogP contribution in [0.3, 0.4) is 0 Å². The number of thiophene rings is 1. The molecule has 0 aromatic carbocycles. The van der Waals surface area contributed by atoms with Crippen LogP contribution in [-0.4, -0.2) is 31.1 Å². The van der Waals surface area contributed by atoms with E-state index in [1.54, 1.807) is 0 Å². The molecule has 1 N–H and O–H groups in total. The largest absolute Gasteiger partial charge is 0.309 e. The van der Waals surface area contributed by atoms with Gasteiger partial charge in [0.1, 0.15) is 0 Å². The van der Waals surface area contributed by atoms with Gasteiger partial charge in [0, 0.05) is 17.5 Å². The van der Waals surface area contributed by atoms with Crippen molar-refractivity contribution in [1.82, 2.24) is 10.2 Å². The molecule has 1 aliphatic rings. The van der Waals surface area contributed by atoms with Gasteiger partial charge in [-0.2, -0.15) is 0 Å². The van der Waals surface area contributed by atoms with Crippen molar-refractivity contribution in [2.24, 2.45) is 0 Å². The molecule has 3 heteroatoms. The van der Waals surface area contributed by atoms with Crippen LogP contribution in [0.4, 0.5) is 0 Å². The molecule has 0 aliphatic carbocycles. The Morgan fingerprint density at radius 3 is 3.12 bits per heavy atom. The minimum Gasteiger partial charge on any atom is -0.309 e. The van der Waals surface area contributed by atoms with Crippen molar-refractivity contribution in [3.8, 4) is 0 Å². The third kappa shape index (κ3) is 3.80. The number of likely N-dealkylation sites (tertiary alicyclic amines) is 1. The molecule has 1 aliphatic heterocycles. The fourth-order valence-corrected chi connectivity index (χ4v) is 3.45. The summed E-state index contributed by atoms with van der Waals surface area (Å²) in [5, 5.41) is 5.96.